The summed E-state index contributed by atoms with van der Waals surface area (Å²) in [6.45, 7) is 0. The van der Waals surface area contributed by atoms with Gasteiger partial charge in [-0.25, -0.2) is 9.97 Å². The fraction of sp³-hybridized carbons (Fsp3) is 0. The molecular formula is C44H28N2. The van der Waals surface area contributed by atoms with E-state index in [1.807, 2.05) is 18.2 Å². The number of aromatic nitrogens is 2. The molecule has 2 heterocycles. The lowest BCUT2D eigenvalue weighted by atomic mass is 9.92. The van der Waals surface area contributed by atoms with E-state index in [1.54, 1.807) is 0 Å². The summed E-state index contributed by atoms with van der Waals surface area (Å²) in [4.78, 5) is 10.2. The first-order valence-corrected chi connectivity index (χ1v) is 15.7. The lowest BCUT2D eigenvalue weighted by molar-refractivity contribution is 1.36. The minimum Gasteiger partial charge on any atom is -0.245 e. The van der Waals surface area contributed by atoms with Gasteiger partial charge in [0.25, 0.3) is 0 Å². The lowest BCUT2D eigenvalue weighted by Gasteiger charge is -2.12. The van der Waals surface area contributed by atoms with Crippen molar-refractivity contribution in [3.8, 4) is 44.8 Å². The molecule has 0 aliphatic carbocycles. The second kappa shape index (κ2) is 10.8. The first-order chi connectivity index (χ1) is 22.8. The van der Waals surface area contributed by atoms with Gasteiger partial charge in [0.1, 0.15) is 0 Å². The van der Waals surface area contributed by atoms with Gasteiger partial charge in [0.05, 0.1) is 22.4 Å². The largest absolute Gasteiger partial charge is 0.245 e. The molecule has 2 nitrogen and oxygen atoms in total. The Morgan fingerprint density at radius 1 is 0.283 bits per heavy atom. The predicted octanol–water partition coefficient (Wildman–Crippen LogP) is 11.8. The lowest BCUT2D eigenvalue weighted by Crippen LogP contribution is -1.91. The van der Waals surface area contributed by atoms with Crippen LogP contribution in [0.3, 0.4) is 0 Å². The van der Waals surface area contributed by atoms with E-state index in [2.05, 4.69) is 152 Å². The van der Waals surface area contributed by atoms with Crippen LogP contribution in [0.4, 0.5) is 0 Å². The SMILES string of the molecule is c1ccc(-c2ccc3ccc4ccc(-c5ccc(-c6ccc(-c7cc8ccccc8c8ccccc78)cc6)cc5)nc4c3n2)cc1. The normalized spacial score (nSPS) is 11.5. The molecule has 0 fully saturated rings. The summed E-state index contributed by atoms with van der Waals surface area (Å²) in [5, 5.41) is 7.30. The van der Waals surface area contributed by atoms with Crippen LogP contribution in [-0.4, -0.2) is 9.97 Å². The van der Waals surface area contributed by atoms with Crippen LogP contribution < -0.4 is 0 Å². The van der Waals surface area contributed by atoms with Crippen LogP contribution in [0, 0.1) is 0 Å². The maximum atomic E-state index is 5.14. The fourth-order valence-electron chi connectivity index (χ4n) is 6.67. The van der Waals surface area contributed by atoms with Crippen molar-refractivity contribution in [1.29, 1.82) is 0 Å². The Morgan fingerprint density at radius 3 is 1.37 bits per heavy atom. The Balaban J connectivity index is 1.05. The van der Waals surface area contributed by atoms with E-state index < -0.39 is 0 Å². The molecule has 0 unspecified atom stereocenters. The van der Waals surface area contributed by atoms with Crippen molar-refractivity contribution in [3.05, 3.63) is 170 Å². The number of nitrogens with zero attached hydrogens (tertiary/aromatic N) is 2. The molecule has 9 rings (SSSR count). The Morgan fingerprint density at radius 2 is 0.739 bits per heavy atom. The van der Waals surface area contributed by atoms with Crippen LogP contribution in [0.1, 0.15) is 0 Å². The summed E-state index contributed by atoms with van der Waals surface area (Å²) in [6, 6.07) is 60.4. The molecule has 0 amide bonds. The van der Waals surface area contributed by atoms with E-state index in [0.717, 1.165) is 44.3 Å². The Hall–Kier alpha value is -6.12. The fourth-order valence-corrected chi connectivity index (χ4v) is 6.67. The molecule has 0 N–H and O–H groups in total. The highest BCUT2D eigenvalue weighted by atomic mass is 14.8. The van der Waals surface area contributed by atoms with Crippen molar-refractivity contribution in [1.82, 2.24) is 9.97 Å². The monoisotopic (exact) mass is 584 g/mol. The molecule has 46 heavy (non-hydrogen) atoms. The van der Waals surface area contributed by atoms with E-state index in [4.69, 9.17) is 9.97 Å². The van der Waals surface area contributed by atoms with Gasteiger partial charge in [-0.2, -0.15) is 0 Å². The zero-order chi connectivity index (χ0) is 30.5. The third-order valence-electron chi connectivity index (χ3n) is 9.07. The van der Waals surface area contributed by atoms with Crippen molar-refractivity contribution >= 4 is 43.4 Å². The molecular weight excluding hydrogens is 556 g/mol. The molecule has 0 bridgehead atoms. The molecule has 0 atom stereocenters. The van der Waals surface area contributed by atoms with Crippen LogP contribution in [0.2, 0.25) is 0 Å². The number of rotatable bonds is 4. The molecule has 0 saturated carbocycles. The highest BCUT2D eigenvalue weighted by molar-refractivity contribution is 6.13. The van der Waals surface area contributed by atoms with Crippen molar-refractivity contribution in [2.45, 2.75) is 0 Å². The first-order valence-electron chi connectivity index (χ1n) is 15.7. The van der Waals surface area contributed by atoms with Gasteiger partial charge in [-0.1, -0.05) is 152 Å². The maximum Gasteiger partial charge on any atom is 0.0972 e. The molecule has 0 aliphatic rings. The van der Waals surface area contributed by atoms with Gasteiger partial charge in [-0.05, 0) is 62.0 Å². The molecule has 0 saturated heterocycles. The zero-order valence-corrected chi connectivity index (χ0v) is 25.1. The minimum absolute atomic E-state index is 0.925. The van der Waals surface area contributed by atoms with E-state index >= 15 is 0 Å². The molecule has 0 spiro atoms. The average molecular weight is 585 g/mol. The second-order valence-electron chi connectivity index (χ2n) is 11.8. The standard InChI is InChI=1S/C44H28N2/c1-2-8-32(9-3-1)41-26-24-34-22-23-35-25-27-42(46-44(35)43(34)45-41)33-20-16-30(17-21-33)29-14-18-31(19-15-29)40-28-36-10-4-5-11-37(36)38-12-6-7-13-39(38)40/h1-28H. The molecule has 9 aromatic rings. The summed E-state index contributed by atoms with van der Waals surface area (Å²) >= 11 is 0. The molecule has 7 aromatic carbocycles. The second-order valence-corrected chi connectivity index (χ2v) is 11.8. The van der Waals surface area contributed by atoms with Gasteiger partial charge in [-0.3, -0.25) is 0 Å². The molecule has 2 aromatic heterocycles. The van der Waals surface area contributed by atoms with Crippen molar-refractivity contribution < 1.29 is 0 Å². The third kappa shape index (κ3) is 4.51. The first kappa shape index (κ1) is 26.3. The molecule has 0 aliphatic heterocycles. The summed E-state index contributed by atoms with van der Waals surface area (Å²) in [7, 11) is 0. The van der Waals surface area contributed by atoms with Gasteiger partial charge in [0.2, 0.25) is 0 Å². The maximum absolute atomic E-state index is 5.14. The highest BCUT2D eigenvalue weighted by Gasteiger charge is 2.11. The minimum atomic E-state index is 0.925. The van der Waals surface area contributed by atoms with Gasteiger partial charge < -0.3 is 0 Å². The zero-order valence-electron chi connectivity index (χ0n) is 25.1. The molecule has 2 heteroatoms. The summed E-state index contributed by atoms with van der Waals surface area (Å²) in [5.74, 6) is 0. The number of hydrogen-bond donors (Lipinski definition) is 0. The third-order valence-corrected chi connectivity index (χ3v) is 9.07. The van der Waals surface area contributed by atoms with E-state index in [1.165, 1.54) is 43.8 Å². The Kier molecular flexibility index (Phi) is 6.17. The molecule has 214 valence electrons. The van der Waals surface area contributed by atoms with Crippen LogP contribution >= 0.6 is 0 Å². The number of pyridine rings is 2. The van der Waals surface area contributed by atoms with Gasteiger partial charge in [-0.15, -0.1) is 0 Å². The van der Waals surface area contributed by atoms with E-state index in [9.17, 15) is 0 Å². The number of fused-ring (bicyclic) bond motifs is 6. The van der Waals surface area contributed by atoms with Crippen molar-refractivity contribution in [2.24, 2.45) is 0 Å². The topological polar surface area (TPSA) is 25.8 Å². The Bertz CT molecular complexity index is 2550. The van der Waals surface area contributed by atoms with Crippen LogP contribution in [0.5, 0.6) is 0 Å². The summed E-state index contributed by atoms with van der Waals surface area (Å²) in [6.07, 6.45) is 0. The van der Waals surface area contributed by atoms with E-state index in [-0.39, 0.29) is 0 Å². The van der Waals surface area contributed by atoms with Crippen LogP contribution in [0.15, 0.2) is 170 Å². The molecule has 0 radical (unpaired) electrons. The summed E-state index contributed by atoms with van der Waals surface area (Å²) < 4.78 is 0. The van der Waals surface area contributed by atoms with Crippen LogP contribution in [-0.2, 0) is 0 Å². The van der Waals surface area contributed by atoms with Crippen molar-refractivity contribution in [3.63, 3.8) is 0 Å². The smallest absolute Gasteiger partial charge is 0.0972 e. The Labute approximate surface area is 267 Å². The van der Waals surface area contributed by atoms with E-state index in [0.29, 0.717) is 0 Å². The van der Waals surface area contributed by atoms with Gasteiger partial charge in [0.15, 0.2) is 0 Å². The average Bonchev–Trinajstić information content (AvgIpc) is 3.14. The number of benzene rings is 7. The quantitative estimate of drug-likeness (QED) is 0.192. The summed E-state index contributed by atoms with van der Waals surface area (Å²) in [5.41, 5.74) is 10.8. The highest BCUT2D eigenvalue weighted by Crippen LogP contribution is 2.36. The van der Waals surface area contributed by atoms with Crippen molar-refractivity contribution in [2.75, 3.05) is 0 Å². The predicted molar refractivity (Wildman–Crippen MR) is 194 cm³/mol. The van der Waals surface area contributed by atoms with Gasteiger partial charge in [0, 0.05) is 21.9 Å². The van der Waals surface area contributed by atoms with Gasteiger partial charge >= 0.3 is 0 Å². The van der Waals surface area contributed by atoms with Crippen LogP contribution in [0.25, 0.3) is 88.1 Å². The number of hydrogen-bond acceptors (Lipinski definition) is 2.